The van der Waals surface area contributed by atoms with Gasteiger partial charge >= 0.3 is 5.97 Å². The number of esters is 1. The predicted molar refractivity (Wildman–Crippen MR) is 87.5 cm³/mol. The van der Waals surface area contributed by atoms with Crippen molar-refractivity contribution in [2.24, 2.45) is 7.05 Å². The fourth-order valence-electron chi connectivity index (χ4n) is 2.42. The smallest absolute Gasteiger partial charge is 0.353 e. The number of hydrogen-bond acceptors (Lipinski definition) is 4. The standard InChI is InChI=1S/C17H12N2O2S/c1-19-10-18-13-9-12(6-7-14(13)19)21-17(20)16-8-11-4-2-3-5-15(11)22-16/h2-10H,1H3. The van der Waals surface area contributed by atoms with Crippen LogP contribution >= 0.6 is 11.3 Å². The minimum absolute atomic E-state index is 0.337. The molecule has 0 fully saturated rings. The average molecular weight is 308 g/mol. The highest BCUT2D eigenvalue weighted by molar-refractivity contribution is 7.20. The Balaban J connectivity index is 1.64. The third-order valence-corrected chi connectivity index (χ3v) is 4.63. The van der Waals surface area contributed by atoms with Gasteiger partial charge in [-0.2, -0.15) is 0 Å². The highest BCUT2D eigenvalue weighted by atomic mass is 32.1. The van der Waals surface area contributed by atoms with Crippen molar-refractivity contribution in [3.63, 3.8) is 0 Å². The molecule has 0 amide bonds. The zero-order valence-corrected chi connectivity index (χ0v) is 12.6. The Morgan fingerprint density at radius 1 is 1.18 bits per heavy atom. The molecule has 0 aliphatic heterocycles. The highest BCUT2D eigenvalue weighted by Gasteiger charge is 2.13. The summed E-state index contributed by atoms with van der Waals surface area (Å²) >= 11 is 1.44. The number of carbonyl (C=O) groups excluding carboxylic acids is 1. The van der Waals surface area contributed by atoms with Gasteiger partial charge in [-0.3, -0.25) is 0 Å². The van der Waals surface area contributed by atoms with Crippen molar-refractivity contribution < 1.29 is 9.53 Å². The van der Waals surface area contributed by atoms with Gasteiger partial charge < -0.3 is 9.30 Å². The molecule has 2 aromatic heterocycles. The number of ether oxygens (including phenoxy) is 1. The summed E-state index contributed by atoms with van der Waals surface area (Å²) < 4.78 is 8.47. The van der Waals surface area contributed by atoms with Crippen LogP contribution in [-0.2, 0) is 7.05 Å². The number of aromatic nitrogens is 2. The van der Waals surface area contributed by atoms with E-state index >= 15 is 0 Å². The molecule has 0 unspecified atom stereocenters. The molecule has 4 nitrogen and oxygen atoms in total. The summed E-state index contributed by atoms with van der Waals surface area (Å²) in [6.07, 6.45) is 1.74. The van der Waals surface area contributed by atoms with E-state index in [1.807, 2.05) is 48.0 Å². The number of rotatable bonds is 2. The van der Waals surface area contributed by atoms with Crippen LogP contribution in [0, 0.1) is 0 Å². The summed E-state index contributed by atoms with van der Waals surface area (Å²) in [5, 5.41) is 1.06. The zero-order valence-electron chi connectivity index (χ0n) is 11.8. The van der Waals surface area contributed by atoms with Crippen LogP contribution in [0.15, 0.2) is 54.9 Å². The predicted octanol–water partition coefficient (Wildman–Crippen LogP) is 4.01. The van der Waals surface area contributed by atoms with Crippen LogP contribution in [0.5, 0.6) is 5.75 Å². The lowest BCUT2D eigenvalue weighted by Crippen LogP contribution is -2.06. The highest BCUT2D eigenvalue weighted by Crippen LogP contribution is 2.27. The van der Waals surface area contributed by atoms with Gasteiger partial charge in [0.2, 0.25) is 0 Å². The molecule has 0 atom stereocenters. The Morgan fingerprint density at radius 3 is 2.91 bits per heavy atom. The van der Waals surface area contributed by atoms with E-state index < -0.39 is 0 Å². The van der Waals surface area contributed by atoms with Crippen molar-refractivity contribution >= 4 is 38.4 Å². The van der Waals surface area contributed by atoms with Gasteiger partial charge in [0.1, 0.15) is 10.6 Å². The molecule has 0 aliphatic rings. The topological polar surface area (TPSA) is 44.1 Å². The van der Waals surface area contributed by atoms with Crippen molar-refractivity contribution in [3.8, 4) is 5.75 Å². The molecule has 0 aliphatic carbocycles. The first-order valence-corrected chi connectivity index (χ1v) is 7.64. The molecule has 4 rings (SSSR count). The molecule has 108 valence electrons. The van der Waals surface area contributed by atoms with E-state index in [1.54, 1.807) is 18.5 Å². The van der Waals surface area contributed by atoms with Crippen LogP contribution in [0.2, 0.25) is 0 Å². The van der Waals surface area contributed by atoms with Gasteiger partial charge in [-0.25, -0.2) is 9.78 Å². The van der Waals surface area contributed by atoms with E-state index in [0.717, 1.165) is 21.1 Å². The van der Waals surface area contributed by atoms with Gasteiger partial charge in [-0.05, 0) is 29.7 Å². The van der Waals surface area contributed by atoms with Gasteiger partial charge in [0, 0.05) is 17.8 Å². The Kier molecular flexibility index (Phi) is 2.94. The number of nitrogens with zero attached hydrogens (tertiary/aromatic N) is 2. The van der Waals surface area contributed by atoms with Gasteiger partial charge in [0.05, 0.1) is 17.4 Å². The minimum atomic E-state index is -0.337. The van der Waals surface area contributed by atoms with E-state index in [9.17, 15) is 4.79 Å². The molecule has 4 aromatic rings. The van der Waals surface area contributed by atoms with Crippen LogP contribution in [0.3, 0.4) is 0 Å². The summed E-state index contributed by atoms with van der Waals surface area (Å²) in [5.41, 5.74) is 1.81. The van der Waals surface area contributed by atoms with Crippen LogP contribution in [0.1, 0.15) is 9.67 Å². The largest absolute Gasteiger partial charge is 0.422 e. The fourth-order valence-corrected chi connectivity index (χ4v) is 3.36. The first kappa shape index (κ1) is 13.0. The molecule has 0 N–H and O–H groups in total. The Labute approximate surface area is 130 Å². The van der Waals surface area contributed by atoms with Crippen LogP contribution < -0.4 is 4.74 Å². The number of aryl methyl sites for hydroxylation is 1. The number of fused-ring (bicyclic) bond motifs is 2. The quantitative estimate of drug-likeness (QED) is 0.415. The lowest BCUT2D eigenvalue weighted by molar-refractivity contribution is 0.0740. The van der Waals surface area contributed by atoms with Crippen LogP contribution in [0.4, 0.5) is 0 Å². The summed E-state index contributed by atoms with van der Waals surface area (Å²) in [6, 6.07) is 15.2. The van der Waals surface area contributed by atoms with E-state index in [4.69, 9.17) is 4.74 Å². The van der Waals surface area contributed by atoms with E-state index in [0.29, 0.717) is 10.6 Å². The SMILES string of the molecule is Cn1cnc2cc(OC(=O)c3cc4ccccc4s3)ccc21. The van der Waals surface area contributed by atoms with Gasteiger partial charge in [0.15, 0.2) is 0 Å². The van der Waals surface area contributed by atoms with E-state index in [2.05, 4.69) is 4.98 Å². The van der Waals surface area contributed by atoms with Crippen molar-refractivity contribution in [2.45, 2.75) is 0 Å². The molecule has 0 bridgehead atoms. The second kappa shape index (κ2) is 4.96. The summed E-state index contributed by atoms with van der Waals surface area (Å²) in [7, 11) is 1.93. The maximum Gasteiger partial charge on any atom is 0.353 e. The lowest BCUT2D eigenvalue weighted by atomic mass is 10.2. The summed E-state index contributed by atoms with van der Waals surface area (Å²) in [5.74, 6) is 0.171. The second-order valence-corrected chi connectivity index (χ2v) is 6.13. The normalized spacial score (nSPS) is 11.1. The third-order valence-electron chi connectivity index (χ3n) is 3.53. The van der Waals surface area contributed by atoms with E-state index in [-0.39, 0.29) is 5.97 Å². The second-order valence-electron chi connectivity index (χ2n) is 5.04. The first-order chi connectivity index (χ1) is 10.7. The van der Waals surface area contributed by atoms with Crippen LogP contribution in [-0.4, -0.2) is 15.5 Å². The molecular formula is C17H12N2O2S. The van der Waals surface area contributed by atoms with Crippen LogP contribution in [0.25, 0.3) is 21.1 Å². The molecule has 0 saturated heterocycles. The number of carbonyl (C=O) groups is 1. The fraction of sp³-hybridized carbons (Fsp3) is 0.0588. The maximum atomic E-state index is 12.3. The Morgan fingerprint density at radius 2 is 2.05 bits per heavy atom. The van der Waals surface area contributed by atoms with E-state index in [1.165, 1.54) is 11.3 Å². The molecule has 0 radical (unpaired) electrons. The average Bonchev–Trinajstić information content (AvgIpc) is 3.11. The zero-order chi connectivity index (χ0) is 15.1. The number of thiophene rings is 1. The number of hydrogen-bond donors (Lipinski definition) is 0. The summed E-state index contributed by atoms with van der Waals surface area (Å²) in [6.45, 7) is 0. The molecule has 5 heteroatoms. The van der Waals surface area contributed by atoms with Gasteiger partial charge in [-0.1, -0.05) is 18.2 Å². The van der Waals surface area contributed by atoms with Crippen molar-refractivity contribution in [3.05, 3.63) is 59.7 Å². The lowest BCUT2D eigenvalue weighted by Gasteiger charge is -2.02. The monoisotopic (exact) mass is 308 g/mol. The van der Waals surface area contributed by atoms with Crippen molar-refractivity contribution in [1.82, 2.24) is 9.55 Å². The van der Waals surface area contributed by atoms with Gasteiger partial charge in [-0.15, -0.1) is 11.3 Å². The summed E-state index contributed by atoms with van der Waals surface area (Å²) in [4.78, 5) is 17.2. The Hall–Kier alpha value is -2.66. The Bertz CT molecular complexity index is 967. The molecule has 2 aromatic carbocycles. The van der Waals surface area contributed by atoms with Gasteiger partial charge in [0.25, 0.3) is 0 Å². The minimum Gasteiger partial charge on any atom is -0.422 e. The number of imidazole rings is 1. The molecule has 22 heavy (non-hydrogen) atoms. The maximum absolute atomic E-state index is 12.3. The molecule has 2 heterocycles. The number of benzene rings is 2. The third kappa shape index (κ3) is 2.16. The molecule has 0 saturated carbocycles. The molecular weight excluding hydrogens is 296 g/mol. The van der Waals surface area contributed by atoms with Crippen molar-refractivity contribution in [2.75, 3.05) is 0 Å². The molecule has 0 spiro atoms. The van der Waals surface area contributed by atoms with Crippen molar-refractivity contribution in [1.29, 1.82) is 0 Å². The first-order valence-electron chi connectivity index (χ1n) is 6.82.